The number of pyridine rings is 2. The van der Waals surface area contributed by atoms with E-state index in [1.807, 2.05) is 6.07 Å². The van der Waals surface area contributed by atoms with Crippen molar-refractivity contribution in [2.45, 2.75) is 19.1 Å². The van der Waals surface area contributed by atoms with Gasteiger partial charge in [0.25, 0.3) is 5.56 Å². The first-order chi connectivity index (χ1) is 12.6. The summed E-state index contributed by atoms with van der Waals surface area (Å²) in [5.74, 6) is 0.452. The minimum atomic E-state index is -0.355. The molecule has 0 radical (unpaired) electrons. The highest BCUT2D eigenvalue weighted by atomic mass is 35.5. The van der Waals surface area contributed by atoms with E-state index in [1.165, 1.54) is 24.4 Å². The fourth-order valence-electron chi connectivity index (χ4n) is 2.16. The van der Waals surface area contributed by atoms with Crippen LogP contribution in [0.2, 0.25) is 0 Å². The van der Waals surface area contributed by atoms with E-state index in [2.05, 4.69) is 4.98 Å². The van der Waals surface area contributed by atoms with E-state index in [-0.39, 0.29) is 24.6 Å². The first-order valence-corrected chi connectivity index (χ1v) is 8.40. The van der Waals surface area contributed by atoms with Crippen LogP contribution in [-0.4, -0.2) is 9.71 Å². The summed E-state index contributed by atoms with van der Waals surface area (Å²) in [5.41, 5.74) is 2.05. The monoisotopic (exact) mass is 374 g/mol. The van der Waals surface area contributed by atoms with Crippen molar-refractivity contribution in [1.29, 1.82) is 0 Å². The van der Waals surface area contributed by atoms with E-state index in [1.54, 1.807) is 30.5 Å². The van der Waals surface area contributed by atoms with E-state index in [4.69, 9.17) is 21.2 Å². The Morgan fingerprint density at radius 1 is 1.04 bits per heavy atom. The van der Waals surface area contributed by atoms with Gasteiger partial charge in [-0.2, -0.15) is 4.73 Å². The second-order valence-electron chi connectivity index (χ2n) is 5.51. The maximum Gasteiger partial charge on any atom is 0.286 e. The Bertz CT molecular complexity index is 911. The van der Waals surface area contributed by atoms with Crippen molar-refractivity contribution in [2.24, 2.45) is 0 Å². The first-order valence-electron chi connectivity index (χ1n) is 7.87. The highest BCUT2D eigenvalue weighted by Crippen LogP contribution is 2.10. The maximum absolute atomic E-state index is 12.9. The first kappa shape index (κ1) is 17.9. The Morgan fingerprint density at radius 3 is 2.46 bits per heavy atom. The van der Waals surface area contributed by atoms with Crippen molar-refractivity contribution < 1.29 is 14.0 Å². The normalized spacial score (nSPS) is 10.5. The molecule has 0 bridgehead atoms. The van der Waals surface area contributed by atoms with Gasteiger partial charge in [0.2, 0.25) is 0 Å². The molecule has 0 aliphatic rings. The molecular formula is C19H16ClFN2O3. The average Bonchev–Trinajstić information content (AvgIpc) is 2.67. The summed E-state index contributed by atoms with van der Waals surface area (Å²) in [4.78, 5) is 21.7. The Kier molecular flexibility index (Phi) is 5.86. The van der Waals surface area contributed by atoms with Crippen LogP contribution in [0.3, 0.4) is 0 Å². The number of ether oxygens (including phenoxy) is 1. The van der Waals surface area contributed by atoms with Crippen LogP contribution in [0.4, 0.5) is 4.39 Å². The Balaban J connectivity index is 1.58. The second kappa shape index (κ2) is 8.49. The Labute approximate surface area is 154 Å². The molecule has 0 amide bonds. The van der Waals surface area contributed by atoms with Crippen molar-refractivity contribution in [3.8, 4) is 5.75 Å². The van der Waals surface area contributed by atoms with Gasteiger partial charge in [0.05, 0.1) is 17.8 Å². The van der Waals surface area contributed by atoms with Crippen LogP contribution in [0.1, 0.15) is 16.8 Å². The zero-order chi connectivity index (χ0) is 18.4. The highest BCUT2D eigenvalue weighted by Gasteiger charge is 2.03. The van der Waals surface area contributed by atoms with Gasteiger partial charge < -0.3 is 9.57 Å². The zero-order valence-electron chi connectivity index (χ0n) is 13.8. The van der Waals surface area contributed by atoms with Gasteiger partial charge in [-0.25, -0.2) is 4.39 Å². The van der Waals surface area contributed by atoms with Gasteiger partial charge in [0.15, 0.2) is 0 Å². The predicted octanol–water partition coefficient (Wildman–Crippen LogP) is 3.33. The number of hydrogen-bond donors (Lipinski definition) is 0. The molecule has 2 aromatic heterocycles. The van der Waals surface area contributed by atoms with Gasteiger partial charge >= 0.3 is 0 Å². The molecule has 2 heterocycles. The summed E-state index contributed by atoms with van der Waals surface area (Å²) in [7, 11) is 0. The minimum Gasteiger partial charge on any atom is -0.489 e. The highest BCUT2D eigenvalue weighted by molar-refractivity contribution is 6.16. The third kappa shape index (κ3) is 4.83. The Hall–Kier alpha value is -2.86. The molecule has 0 N–H and O–H groups in total. The smallest absolute Gasteiger partial charge is 0.286 e. The molecule has 0 saturated carbocycles. The molecule has 5 nitrogen and oxygen atoms in total. The number of hydrogen-bond acceptors (Lipinski definition) is 4. The molecule has 0 aliphatic heterocycles. The molecule has 0 saturated heterocycles. The maximum atomic E-state index is 12.9. The van der Waals surface area contributed by atoms with Crippen LogP contribution >= 0.6 is 11.6 Å². The molecule has 134 valence electrons. The molecule has 26 heavy (non-hydrogen) atoms. The molecule has 7 heteroatoms. The molecule has 1 aromatic carbocycles. The Morgan fingerprint density at radius 2 is 1.81 bits per heavy atom. The lowest BCUT2D eigenvalue weighted by atomic mass is 10.2. The topological polar surface area (TPSA) is 53.4 Å². The molecule has 0 aliphatic carbocycles. The quantitative estimate of drug-likeness (QED) is 0.595. The standard InChI is InChI=1S/C19H16ClFN2O3/c20-10-17-6-3-15(11-22-17)13-26-23-8-7-18(9-19(23)24)25-12-14-1-4-16(21)5-2-14/h1-9,11H,10,12-13H2. The SMILES string of the molecule is O=c1cc(OCc2ccc(F)cc2)ccn1OCc1ccc(CCl)nc1. The lowest BCUT2D eigenvalue weighted by molar-refractivity contribution is 0.0882. The number of halogens is 2. The summed E-state index contributed by atoms with van der Waals surface area (Å²) < 4.78 is 19.5. The number of benzene rings is 1. The van der Waals surface area contributed by atoms with Crippen molar-refractivity contribution in [2.75, 3.05) is 0 Å². The number of nitrogens with zero attached hydrogens (tertiary/aromatic N) is 2. The van der Waals surface area contributed by atoms with Crippen molar-refractivity contribution in [3.05, 3.63) is 93.9 Å². The molecule has 3 aromatic rings. The number of alkyl halides is 1. The minimum absolute atomic E-state index is 0.200. The second-order valence-corrected chi connectivity index (χ2v) is 5.77. The van der Waals surface area contributed by atoms with Crippen LogP contribution in [-0.2, 0) is 19.1 Å². The van der Waals surface area contributed by atoms with E-state index in [9.17, 15) is 9.18 Å². The molecule has 0 fully saturated rings. The average molecular weight is 375 g/mol. The van der Waals surface area contributed by atoms with Gasteiger partial charge in [0, 0.05) is 23.9 Å². The van der Waals surface area contributed by atoms with E-state index in [0.717, 1.165) is 21.6 Å². The lowest BCUT2D eigenvalue weighted by Crippen LogP contribution is -2.25. The summed E-state index contributed by atoms with van der Waals surface area (Å²) in [6, 6.07) is 12.6. The fourth-order valence-corrected chi connectivity index (χ4v) is 2.31. The van der Waals surface area contributed by atoms with Gasteiger partial charge in [-0.05, 0) is 23.8 Å². The van der Waals surface area contributed by atoms with Crippen molar-refractivity contribution in [3.63, 3.8) is 0 Å². The zero-order valence-corrected chi connectivity index (χ0v) is 14.5. The van der Waals surface area contributed by atoms with Crippen LogP contribution in [0.25, 0.3) is 0 Å². The lowest BCUT2D eigenvalue weighted by Gasteiger charge is -2.10. The molecular weight excluding hydrogens is 359 g/mol. The molecule has 0 spiro atoms. The van der Waals surface area contributed by atoms with Gasteiger partial charge in [0.1, 0.15) is 24.8 Å². The fraction of sp³-hybridized carbons (Fsp3) is 0.158. The van der Waals surface area contributed by atoms with Gasteiger partial charge in [-0.3, -0.25) is 9.78 Å². The van der Waals surface area contributed by atoms with E-state index in [0.29, 0.717) is 11.6 Å². The van der Waals surface area contributed by atoms with E-state index >= 15 is 0 Å². The predicted molar refractivity (Wildman–Crippen MR) is 95.5 cm³/mol. The van der Waals surface area contributed by atoms with Crippen LogP contribution in [0.15, 0.2) is 65.7 Å². The number of rotatable bonds is 7. The molecule has 3 rings (SSSR count). The summed E-state index contributed by atoms with van der Waals surface area (Å²) in [6.07, 6.45) is 3.14. The third-order valence-electron chi connectivity index (χ3n) is 3.57. The largest absolute Gasteiger partial charge is 0.489 e. The van der Waals surface area contributed by atoms with Crippen molar-refractivity contribution >= 4 is 11.6 Å². The van der Waals surface area contributed by atoms with Crippen molar-refractivity contribution in [1.82, 2.24) is 9.71 Å². The summed E-state index contributed by atoms with van der Waals surface area (Å²) in [5, 5.41) is 0. The van der Waals surface area contributed by atoms with Crippen LogP contribution in [0, 0.1) is 5.82 Å². The molecule has 0 atom stereocenters. The molecule has 0 unspecified atom stereocenters. The summed E-state index contributed by atoms with van der Waals surface area (Å²) in [6.45, 7) is 0.439. The van der Waals surface area contributed by atoms with E-state index < -0.39 is 0 Å². The van der Waals surface area contributed by atoms with Gasteiger partial charge in [-0.15, -0.1) is 11.6 Å². The van der Waals surface area contributed by atoms with Crippen LogP contribution < -0.4 is 15.1 Å². The number of aromatic nitrogens is 2. The third-order valence-corrected chi connectivity index (χ3v) is 3.84. The summed E-state index contributed by atoms with van der Waals surface area (Å²) >= 11 is 5.69. The van der Waals surface area contributed by atoms with Gasteiger partial charge in [-0.1, -0.05) is 18.2 Å². The van der Waals surface area contributed by atoms with Crippen LogP contribution in [0.5, 0.6) is 5.75 Å².